The molecule has 0 N–H and O–H groups in total. The minimum absolute atomic E-state index is 0.178. The monoisotopic (exact) mass is 531 g/mol. The first-order valence-electron chi connectivity index (χ1n) is 12.7. The molecule has 1 unspecified atom stereocenters. The summed E-state index contributed by atoms with van der Waals surface area (Å²) < 4.78 is 24.8. The van der Waals surface area contributed by atoms with Crippen molar-refractivity contribution in [3.63, 3.8) is 0 Å². The number of para-hydroxylation sites is 1. The van der Waals surface area contributed by atoms with Crippen molar-refractivity contribution >= 4 is 22.3 Å². The van der Waals surface area contributed by atoms with Crippen molar-refractivity contribution < 1.29 is 18.6 Å². The second-order valence-corrected chi connectivity index (χ2v) is 9.88. The van der Waals surface area contributed by atoms with E-state index < -0.39 is 11.5 Å². The minimum atomic E-state index is -0.555. The van der Waals surface area contributed by atoms with Gasteiger partial charge in [0, 0.05) is 25.3 Å². The molecular weight excluding hydrogens is 510 g/mol. The topological polar surface area (TPSA) is 104 Å². The highest BCUT2D eigenvalue weighted by molar-refractivity contribution is 5.87. The van der Waals surface area contributed by atoms with Crippen LogP contribution >= 0.6 is 0 Å². The van der Waals surface area contributed by atoms with Crippen LogP contribution in [0.1, 0.15) is 22.6 Å². The van der Waals surface area contributed by atoms with Crippen LogP contribution < -0.4 is 24.7 Å². The highest BCUT2D eigenvalue weighted by Gasteiger charge is 2.37. The Labute approximate surface area is 227 Å². The van der Waals surface area contributed by atoms with Crippen molar-refractivity contribution in [1.82, 2.24) is 19.6 Å². The zero-order chi connectivity index (χ0) is 27.0. The molecule has 2 aliphatic rings. The fraction of sp³-hybridized carbons (Fsp3) is 0.133. The molecule has 5 heterocycles. The lowest BCUT2D eigenvalue weighted by Gasteiger charge is -2.27. The maximum Gasteiger partial charge on any atom is 0.344 e. The lowest BCUT2D eigenvalue weighted by Crippen LogP contribution is -2.22. The Bertz CT molecular complexity index is 2030. The van der Waals surface area contributed by atoms with Crippen LogP contribution in [0.25, 0.3) is 28.0 Å². The highest BCUT2D eigenvalue weighted by Crippen LogP contribution is 2.49. The van der Waals surface area contributed by atoms with Gasteiger partial charge >= 0.3 is 5.63 Å². The summed E-state index contributed by atoms with van der Waals surface area (Å²) in [4.78, 5) is 25.1. The quantitative estimate of drug-likeness (QED) is 0.292. The van der Waals surface area contributed by atoms with Gasteiger partial charge in [0.25, 0.3) is 0 Å². The maximum atomic E-state index is 13.6. The molecule has 0 bridgehead atoms. The maximum absolute atomic E-state index is 13.6. The predicted molar refractivity (Wildman–Crippen MR) is 147 cm³/mol. The predicted octanol–water partition coefficient (Wildman–Crippen LogP) is 4.98. The van der Waals surface area contributed by atoms with Crippen LogP contribution in [-0.4, -0.2) is 40.5 Å². The summed E-state index contributed by atoms with van der Waals surface area (Å²) >= 11 is 0. The van der Waals surface area contributed by atoms with Crippen molar-refractivity contribution in [2.24, 2.45) is 0 Å². The van der Waals surface area contributed by atoms with Gasteiger partial charge in [0.15, 0.2) is 28.7 Å². The van der Waals surface area contributed by atoms with Gasteiger partial charge in [0.05, 0.1) is 22.4 Å². The van der Waals surface area contributed by atoms with E-state index in [9.17, 15) is 4.79 Å². The van der Waals surface area contributed by atoms with Crippen molar-refractivity contribution in [3.05, 3.63) is 100 Å². The molecule has 10 nitrogen and oxygen atoms in total. The number of rotatable bonds is 3. The molecule has 0 fully saturated rings. The van der Waals surface area contributed by atoms with Crippen molar-refractivity contribution in [2.45, 2.75) is 5.92 Å². The Hall–Kier alpha value is -5.38. The molecule has 196 valence electrons. The average Bonchev–Trinajstić information content (AvgIpc) is 3.63. The molecule has 0 amide bonds. The smallest absolute Gasteiger partial charge is 0.344 e. The number of nitrogens with zero attached hydrogens (tertiary/aromatic N) is 5. The largest absolute Gasteiger partial charge is 0.454 e. The molecule has 2 aliphatic heterocycles. The first-order valence-corrected chi connectivity index (χ1v) is 12.7. The van der Waals surface area contributed by atoms with Gasteiger partial charge in [-0.05, 0) is 48.0 Å². The van der Waals surface area contributed by atoms with Gasteiger partial charge in [0.1, 0.15) is 11.9 Å². The second kappa shape index (κ2) is 8.31. The van der Waals surface area contributed by atoms with E-state index in [4.69, 9.17) is 28.7 Å². The number of anilines is 1. The zero-order valence-corrected chi connectivity index (χ0v) is 21.5. The molecule has 0 radical (unpaired) electrons. The van der Waals surface area contributed by atoms with Crippen molar-refractivity contribution in [1.29, 1.82) is 0 Å². The van der Waals surface area contributed by atoms with E-state index in [1.807, 2.05) is 79.7 Å². The summed E-state index contributed by atoms with van der Waals surface area (Å²) in [5.74, 6) is 2.04. The normalized spacial score (nSPS) is 15.1. The van der Waals surface area contributed by atoms with Gasteiger partial charge in [-0.3, -0.25) is 0 Å². The van der Waals surface area contributed by atoms with E-state index in [1.54, 1.807) is 16.9 Å². The summed E-state index contributed by atoms with van der Waals surface area (Å²) in [7, 11) is 3.96. The van der Waals surface area contributed by atoms with E-state index in [1.165, 1.54) is 0 Å². The molecule has 1 atom stereocenters. The molecule has 3 aromatic carbocycles. The van der Waals surface area contributed by atoms with Crippen LogP contribution in [0.4, 0.5) is 5.69 Å². The lowest BCUT2D eigenvalue weighted by molar-refractivity contribution is 0.174. The Morgan fingerprint density at radius 1 is 0.950 bits per heavy atom. The minimum Gasteiger partial charge on any atom is -0.454 e. The van der Waals surface area contributed by atoms with Crippen molar-refractivity contribution in [2.75, 3.05) is 25.8 Å². The van der Waals surface area contributed by atoms with Gasteiger partial charge in [0.2, 0.25) is 12.7 Å². The third-order valence-electron chi connectivity index (χ3n) is 7.34. The molecule has 3 aromatic heterocycles. The fourth-order valence-corrected chi connectivity index (χ4v) is 5.39. The molecule has 0 aliphatic carbocycles. The number of hydrogen-bond donors (Lipinski definition) is 0. The third kappa shape index (κ3) is 3.29. The van der Waals surface area contributed by atoms with E-state index in [0.717, 1.165) is 16.8 Å². The van der Waals surface area contributed by atoms with Gasteiger partial charge in [-0.1, -0.05) is 24.3 Å². The van der Waals surface area contributed by atoms with Gasteiger partial charge in [-0.2, -0.15) is 0 Å². The molecule has 0 spiro atoms. The first kappa shape index (κ1) is 22.6. The Morgan fingerprint density at radius 2 is 1.77 bits per heavy atom. The SMILES string of the molecule is CN(C)c1ccc(C2c3c(c4ccccc4oc3=O)Oc3ncn4nc(-c5ccc6c(c5)OCO6)nc4c32)cc1. The number of ether oxygens (including phenoxy) is 3. The lowest BCUT2D eigenvalue weighted by atomic mass is 9.84. The highest BCUT2D eigenvalue weighted by atomic mass is 16.7. The summed E-state index contributed by atoms with van der Waals surface area (Å²) in [5, 5.41) is 5.39. The fourth-order valence-electron chi connectivity index (χ4n) is 5.39. The average molecular weight is 532 g/mol. The molecule has 6 aromatic rings. The van der Waals surface area contributed by atoms with Crippen LogP contribution in [-0.2, 0) is 0 Å². The van der Waals surface area contributed by atoms with E-state index in [2.05, 4.69) is 4.98 Å². The van der Waals surface area contributed by atoms with Gasteiger partial charge in [-0.15, -0.1) is 5.10 Å². The van der Waals surface area contributed by atoms with Crippen LogP contribution in [0.2, 0.25) is 0 Å². The van der Waals surface area contributed by atoms with Gasteiger partial charge < -0.3 is 23.5 Å². The number of benzene rings is 3. The number of aromatic nitrogens is 4. The molecule has 0 saturated heterocycles. The molecule has 10 heteroatoms. The summed E-state index contributed by atoms with van der Waals surface area (Å²) in [6.07, 6.45) is 1.57. The van der Waals surface area contributed by atoms with Gasteiger partial charge in [-0.25, -0.2) is 19.3 Å². The van der Waals surface area contributed by atoms with Crippen LogP contribution in [0, 0.1) is 0 Å². The first-order chi connectivity index (χ1) is 19.5. The van der Waals surface area contributed by atoms with Crippen LogP contribution in [0.15, 0.2) is 82.3 Å². The van der Waals surface area contributed by atoms with E-state index >= 15 is 0 Å². The van der Waals surface area contributed by atoms with Crippen LogP contribution in [0.5, 0.6) is 23.1 Å². The summed E-state index contributed by atoms with van der Waals surface area (Å²) in [5.41, 5.74) is 4.20. The molecule has 8 rings (SSSR count). The van der Waals surface area contributed by atoms with E-state index in [-0.39, 0.29) is 6.79 Å². The zero-order valence-electron chi connectivity index (χ0n) is 21.5. The molecular formula is C30H21N5O5. The third-order valence-corrected chi connectivity index (χ3v) is 7.34. The molecule has 40 heavy (non-hydrogen) atoms. The molecule has 0 saturated carbocycles. The van der Waals surface area contributed by atoms with Crippen LogP contribution in [0.3, 0.4) is 0 Å². The second-order valence-electron chi connectivity index (χ2n) is 9.88. The number of hydrogen-bond acceptors (Lipinski definition) is 9. The van der Waals surface area contributed by atoms with Crippen molar-refractivity contribution in [3.8, 4) is 34.5 Å². The standard InChI is InChI=1S/C30H21N5O5/c1-34(2)18-10-7-16(8-11-18)23-24-26(19-5-3-4-6-20(19)39-30(24)36)40-29-25(23)28-32-27(33-35(28)14-31-29)17-9-12-21-22(13-17)38-15-37-21/h3-14,23H,15H2,1-2H3. The Kier molecular flexibility index (Phi) is 4.69. The summed E-state index contributed by atoms with van der Waals surface area (Å²) in [6, 6.07) is 20.9. The Morgan fingerprint density at radius 3 is 2.62 bits per heavy atom. The van der Waals surface area contributed by atoms with E-state index in [0.29, 0.717) is 56.7 Å². The summed E-state index contributed by atoms with van der Waals surface area (Å²) in [6.45, 7) is 0.178. The number of fused-ring (bicyclic) bond motifs is 7. The Balaban J connectivity index is 1.38.